The van der Waals surface area contributed by atoms with E-state index < -0.39 is 12.6 Å². The highest BCUT2D eigenvalue weighted by molar-refractivity contribution is 8.01. The molecule has 0 fully saturated rings. The maximum absolute atomic E-state index is 11.8. The van der Waals surface area contributed by atoms with Gasteiger partial charge in [0.15, 0.2) is 0 Å². The normalized spacial score (nSPS) is 10.2. The van der Waals surface area contributed by atoms with Gasteiger partial charge in [-0.15, -0.1) is 11.3 Å². The molecule has 0 amide bonds. The van der Waals surface area contributed by atoms with E-state index in [1.165, 1.54) is 23.1 Å². The molecule has 0 unspecified atom stereocenters. The maximum Gasteiger partial charge on any atom is 0.309 e. The van der Waals surface area contributed by atoms with Gasteiger partial charge < -0.3 is 5.11 Å². The van der Waals surface area contributed by atoms with Gasteiger partial charge in [-0.1, -0.05) is 11.8 Å². The lowest BCUT2D eigenvalue weighted by atomic mass is 10.3. The fourth-order valence-corrected chi connectivity index (χ4v) is 2.36. The molecule has 3 nitrogen and oxygen atoms in total. The van der Waals surface area contributed by atoms with Crippen molar-refractivity contribution in [3.8, 4) is 0 Å². The first-order valence-corrected chi connectivity index (χ1v) is 5.44. The molecule has 72 valence electrons. The van der Waals surface area contributed by atoms with Crippen molar-refractivity contribution >= 4 is 29.1 Å². The van der Waals surface area contributed by atoms with Crippen molar-refractivity contribution in [2.75, 3.05) is 12.4 Å². The van der Waals surface area contributed by atoms with Crippen molar-refractivity contribution in [2.45, 2.75) is 10.8 Å². The van der Waals surface area contributed by atoms with Crippen molar-refractivity contribution < 1.29 is 14.3 Å². The fourth-order valence-electron chi connectivity index (χ4n) is 0.717. The van der Waals surface area contributed by atoms with E-state index in [0.29, 0.717) is 11.4 Å². The van der Waals surface area contributed by atoms with Crippen LogP contribution in [0.3, 0.4) is 0 Å². The number of aliphatic carboxylic acids is 1. The monoisotopic (exact) mass is 221 g/mol. The van der Waals surface area contributed by atoms with Crippen LogP contribution in [-0.4, -0.2) is 28.5 Å². The molecule has 0 radical (unpaired) electrons. The molecule has 0 aliphatic rings. The molecule has 0 aromatic carbocycles. The molecule has 1 rings (SSSR count). The van der Waals surface area contributed by atoms with Crippen LogP contribution in [0.5, 0.6) is 0 Å². The van der Waals surface area contributed by atoms with E-state index in [0.717, 1.165) is 4.34 Å². The SMILES string of the molecule is O=C(O)Cc1csc(SCCF)n1. The summed E-state index contributed by atoms with van der Waals surface area (Å²) in [6.07, 6.45) is -0.0628. The average Bonchev–Trinajstić information content (AvgIpc) is 2.48. The maximum atomic E-state index is 11.8. The minimum absolute atomic E-state index is 0.0628. The van der Waals surface area contributed by atoms with Gasteiger partial charge in [-0.05, 0) is 0 Å². The van der Waals surface area contributed by atoms with Crippen LogP contribution in [-0.2, 0) is 11.2 Å². The topological polar surface area (TPSA) is 50.2 Å². The van der Waals surface area contributed by atoms with Crippen LogP contribution in [0, 0.1) is 0 Å². The summed E-state index contributed by atoms with van der Waals surface area (Å²) in [6, 6.07) is 0. The van der Waals surface area contributed by atoms with E-state index in [-0.39, 0.29) is 6.42 Å². The number of halogens is 1. The predicted octanol–water partition coefficient (Wildman–Crippen LogP) is 1.83. The quantitative estimate of drug-likeness (QED) is 0.771. The number of carboxylic acid groups (broad SMARTS) is 1. The van der Waals surface area contributed by atoms with E-state index in [1.54, 1.807) is 5.38 Å². The summed E-state index contributed by atoms with van der Waals surface area (Å²) in [5.41, 5.74) is 0.541. The van der Waals surface area contributed by atoms with Crippen LogP contribution >= 0.6 is 23.1 Å². The van der Waals surface area contributed by atoms with Crippen LogP contribution in [0.15, 0.2) is 9.72 Å². The summed E-state index contributed by atoms with van der Waals surface area (Å²) in [7, 11) is 0. The molecule has 0 aliphatic heterocycles. The van der Waals surface area contributed by atoms with E-state index in [2.05, 4.69) is 4.98 Å². The first-order valence-electron chi connectivity index (χ1n) is 3.57. The van der Waals surface area contributed by atoms with Crippen molar-refractivity contribution in [3.63, 3.8) is 0 Å². The number of thioether (sulfide) groups is 1. The zero-order chi connectivity index (χ0) is 9.68. The molecule has 1 aromatic rings. The Morgan fingerprint density at radius 3 is 3.15 bits per heavy atom. The zero-order valence-electron chi connectivity index (χ0n) is 6.70. The van der Waals surface area contributed by atoms with Gasteiger partial charge in [0, 0.05) is 11.1 Å². The molecule has 1 N–H and O–H groups in total. The number of carbonyl (C=O) groups is 1. The Balaban J connectivity index is 2.48. The third-order valence-electron chi connectivity index (χ3n) is 1.17. The Hall–Kier alpha value is -0.620. The molecule has 1 aromatic heterocycles. The molecule has 0 atom stereocenters. The predicted molar refractivity (Wildman–Crippen MR) is 50.2 cm³/mol. The van der Waals surface area contributed by atoms with Crippen LogP contribution in [0.25, 0.3) is 0 Å². The molecular weight excluding hydrogens is 213 g/mol. The highest BCUT2D eigenvalue weighted by atomic mass is 32.2. The van der Waals surface area contributed by atoms with Gasteiger partial charge in [-0.2, -0.15) is 0 Å². The molecule has 6 heteroatoms. The number of thiazole rings is 1. The second-order valence-electron chi connectivity index (χ2n) is 2.21. The van der Waals surface area contributed by atoms with Gasteiger partial charge in [0.1, 0.15) is 4.34 Å². The fraction of sp³-hybridized carbons (Fsp3) is 0.429. The highest BCUT2D eigenvalue weighted by Crippen LogP contribution is 2.22. The van der Waals surface area contributed by atoms with E-state index in [4.69, 9.17) is 5.11 Å². The van der Waals surface area contributed by atoms with Gasteiger partial charge in [0.25, 0.3) is 0 Å². The summed E-state index contributed by atoms with van der Waals surface area (Å²) >= 11 is 2.66. The standard InChI is InChI=1S/C7H8FNO2S2/c8-1-2-12-7-9-5(4-13-7)3-6(10)11/h4H,1-3H2,(H,10,11). The minimum atomic E-state index is -0.896. The number of hydrogen-bond acceptors (Lipinski definition) is 4. The van der Waals surface area contributed by atoms with Gasteiger partial charge in [-0.25, -0.2) is 4.98 Å². The van der Waals surface area contributed by atoms with Crippen LogP contribution < -0.4 is 0 Å². The Kier molecular flexibility index (Phi) is 4.17. The van der Waals surface area contributed by atoms with E-state index in [1.807, 2.05) is 0 Å². The van der Waals surface area contributed by atoms with Crippen molar-refractivity contribution in [1.29, 1.82) is 0 Å². The third-order valence-corrected chi connectivity index (χ3v) is 3.19. The van der Waals surface area contributed by atoms with Gasteiger partial charge in [0.05, 0.1) is 18.8 Å². The molecule has 0 spiro atoms. The second-order valence-corrected chi connectivity index (χ2v) is 4.41. The van der Waals surface area contributed by atoms with Crippen molar-refractivity contribution in [1.82, 2.24) is 4.98 Å². The Bertz CT molecular complexity index is 290. The summed E-state index contributed by atoms with van der Waals surface area (Å²) < 4.78 is 12.5. The summed E-state index contributed by atoms with van der Waals surface area (Å²) in [6.45, 7) is -0.390. The average molecular weight is 221 g/mol. The molecule has 0 saturated heterocycles. The second kappa shape index (κ2) is 5.18. The molecule has 0 bridgehead atoms. The summed E-state index contributed by atoms with van der Waals surface area (Å²) in [4.78, 5) is 14.3. The Morgan fingerprint density at radius 1 is 1.77 bits per heavy atom. The number of alkyl halides is 1. The third kappa shape index (κ3) is 3.73. The number of carboxylic acids is 1. The first kappa shape index (κ1) is 10.5. The molecule has 13 heavy (non-hydrogen) atoms. The highest BCUT2D eigenvalue weighted by Gasteiger charge is 2.05. The molecular formula is C7H8FNO2S2. The van der Waals surface area contributed by atoms with Crippen molar-refractivity contribution in [3.05, 3.63) is 11.1 Å². The number of hydrogen-bond donors (Lipinski definition) is 1. The number of nitrogens with zero attached hydrogens (tertiary/aromatic N) is 1. The van der Waals surface area contributed by atoms with Crippen molar-refractivity contribution in [2.24, 2.45) is 0 Å². The number of rotatable bonds is 5. The Labute approximate surface area is 83.0 Å². The summed E-state index contributed by atoms with van der Waals surface area (Å²) in [5.74, 6) is -0.521. The lowest BCUT2D eigenvalue weighted by molar-refractivity contribution is -0.136. The van der Waals surface area contributed by atoms with Gasteiger partial charge >= 0.3 is 5.97 Å². The first-order chi connectivity index (χ1) is 6.22. The smallest absolute Gasteiger partial charge is 0.309 e. The zero-order valence-corrected chi connectivity index (χ0v) is 8.33. The van der Waals surface area contributed by atoms with Crippen LogP contribution in [0.1, 0.15) is 5.69 Å². The van der Waals surface area contributed by atoms with Gasteiger partial charge in [-0.3, -0.25) is 9.18 Å². The van der Waals surface area contributed by atoms with Crippen LogP contribution in [0.2, 0.25) is 0 Å². The summed E-state index contributed by atoms with van der Waals surface area (Å²) in [5, 5.41) is 10.1. The largest absolute Gasteiger partial charge is 0.481 e. The molecule has 1 heterocycles. The Morgan fingerprint density at radius 2 is 2.54 bits per heavy atom. The lowest BCUT2D eigenvalue weighted by Gasteiger charge is -1.90. The number of aromatic nitrogens is 1. The van der Waals surface area contributed by atoms with Gasteiger partial charge in [0.2, 0.25) is 0 Å². The van der Waals surface area contributed by atoms with Crippen LogP contribution in [0.4, 0.5) is 4.39 Å². The molecule has 0 aliphatic carbocycles. The lowest BCUT2D eigenvalue weighted by Crippen LogP contribution is -1.99. The van der Waals surface area contributed by atoms with E-state index >= 15 is 0 Å². The minimum Gasteiger partial charge on any atom is -0.481 e. The van der Waals surface area contributed by atoms with E-state index in [9.17, 15) is 9.18 Å². The molecule has 0 saturated carbocycles.